The molecular formula is C18H22N4O3. The fourth-order valence-electron chi connectivity index (χ4n) is 3.33. The van der Waals surface area contributed by atoms with E-state index >= 15 is 0 Å². The van der Waals surface area contributed by atoms with Crippen LogP contribution in [-0.4, -0.2) is 37.8 Å². The summed E-state index contributed by atoms with van der Waals surface area (Å²) >= 11 is 0. The highest BCUT2D eigenvalue weighted by Gasteiger charge is 2.28. The van der Waals surface area contributed by atoms with Crippen molar-refractivity contribution in [3.05, 3.63) is 41.9 Å². The first-order valence-corrected chi connectivity index (χ1v) is 8.62. The number of carboxylic acid groups (broad SMARTS) is 1. The number of nitrogens with zero attached hydrogens (tertiary/aromatic N) is 3. The lowest BCUT2D eigenvalue weighted by atomic mass is 9.86. The smallest absolute Gasteiger partial charge is 0.306 e. The van der Waals surface area contributed by atoms with Crippen molar-refractivity contribution >= 4 is 11.9 Å². The van der Waals surface area contributed by atoms with Gasteiger partial charge in [-0.15, -0.1) is 0 Å². The van der Waals surface area contributed by atoms with Crippen LogP contribution in [0.15, 0.2) is 30.6 Å². The summed E-state index contributed by atoms with van der Waals surface area (Å²) < 4.78 is 1.69. The largest absolute Gasteiger partial charge is 0.481 e. The van der Waals surface area contributed by atoms with Gasteiger partial charge in [0, 0.05) is 12.2 Å². The van der Waals surface area contributed by atoms with E-state index in [4.69, 9.17) is 5.11 Å². The summed E-state index contributed by atoms with van der Waals surface area (Å²) in [5.41, 5.74) is 1.36. The summed E-state index contributed by atoms with van der Waals surface area (Å²) in [4.78, 5) is 28.0. The maximum absolute atomic E-state index is 12.7. The summed E-state index contributed by atoms with van der Waals surface area (Å²) in [6.45, 7) is 1.98. The quantitative estimate of drug-likeness (QED) is 0.868. The average molecular weight is 342 g/mol. The molecule has 1 fully saturated rings. The molecule has 0 radical (unpaired) electrons. The monoisotopic (exact) mass is 342 g/mol. The lowest BCUT2D eigenvalue weighted by Gasteiger charge is -2.26. The highest BCUT2D eigenvalue weighted by Crippen LogP contribution is 2.25. The van der Waals surface area contributed by atoms with Crippen LogP contribution in [0.4, 0.5) is 0 Å². The fraction of sp³-hybridized carbons (Fsp3) is 0.444. The second kappa shape index (κ2) is 7.46. The molecule has 0 spiro atoms. The molecule has 0 atom stereocenters. The highest BCUT2D eigenvalue weighted by atomic mass is 16.4. The molecule has 25 heavy (non-hydrogen) atoms. The first-order valence-electron chi connectivity index (χ1n) is 8.62. The Kier molecular flexibility index (Phi) is 5.11. The van der Waals surface area contributed by atoms with Crippen LogP contribution in [0.25, 0.3) is 5.82 Å². The molecule has 0 saturated heterocycles. The number of carbonyl (C=O) groups is 2. The molecule has 1 saturated carbocycles. The van der Waals surface area contributed by atoms with Crippen molar-refractivity contribution in [3.8, 4) is 5.82 Å². The zero-order chi connectivity index (χ0) is 17.8. The minimum Gasteiger partial charge on any atom is -0.481 e. The van der Waals surface area contributed by atoms with Gasteiger partial charge in [-0.2, -0.15) is 5.10 Å². The Morgan fingerprint density at radius 1 is 1.28 bits per heavy atom. The van der Waals surface area contributed by atoms with E-state index in [0.29, 0.717) is 43.5 Å². The predicted molar refractivity (Wildman–Crippen MR) is 91.6 cm³/mol. The zero-order valence-electron chi connectivity index (χ0n) is 14.2. The van der Waals surface area contributed by atoms with Gasteiger partial charge < -0.3 is 10.4 Å². The first-order chi connectivity index (χ1) is 12.1. The topological polar surface area (TPSA) is 97.1 Å². The number of nitrogens with one attached hydrogen (secondary N) is 1. The maximum atomic E-state index is 12.7. The molecule has 2 heterocycles. The maximum Gasteiger partial charge on any atom is 0.306 e. The Labute approximate surface area is 146 Å². The first kappa shape index (κ1) is 17.1. The van der Waals surface area contributed by atoms with E-state index in [9.17, 15) is 9.59 Å². The van der Waals surface area contributed by atoms with Gasteiger partial charge in [-0.1, -0.05) is 13.0 Å². The molecule has 2 N–H and O–H groups in total. The van der Waals surface area contributed by atoms with E-state index in [1.165, 1.54) is 0 Å². The Morgan fingerprint density at radius 2 is 2.04 bits per heavy atom. The third kappa shape index (κ3) is 3.70. The molecule has 0 bridgehead atoms. The van der Waals surface area contributed by atoms with Crippen LogP contribution in [0.3, 0.4) is 0 Å². The normalized spacial score (nSPS) is 20.2. The van der Waals surface area contributed by atoms with Crippen molar-refractivity contribution in [3.63, 3.8) is 0 Å². The molecule has 132 valence electrons. The molecule has 2 aromatic rings. The van der Waals surface area contributed by atoms with Gasteiger partial charge in [-0.3, -0.25) is 9.59 Å². The number of aromatic nitrogens is 3. The molecule has 1 aliphatic rings. The van der Waals surface area contributed by atoms with Crippen molar-refractivity contribution in [2.24, 2.45) is 5.92 Å². The van der Waals surface area contributed by atoms with E-state index < -0.39 is 5.97 Å². The molecule has 0 aliphatic heterocycles. The highest BCUT2D eigenvalue weighted by molar-refractivity contribution is 5.95. The van der Waals surface area contributed by atoms with Gasteiger partial charge in [0.25, 0.3) is 5.91 Å². The van der Waals surface area contributed by atoms with E-state index in [0.717, 1.165) is 5.69 Å². The Balaban J connectivity index is 1.71. The molecule has 7 heteroatoms. The van der Waals surface area contributed by atoms with E-state index in [2.05, 4.69) is 15.4 Å². The summed E-state index contributed by atoms with van der Waals surface area (Å²) in [7, 11) is 0. The Bertz CT molecular complexity index is 749. The minimum absolute atomic E-state index is 0.0195. The van der Waals surface area contributed by atoms with Gasteiger partial charge in [-0.05, 0) is 44.2 Å². The molecule has 7 nitrogen and oxygen atoms in total. The van der Waals surface area contributed by atoms with Crippen LogP contribution in [0, 0.1) is 5.92 Å². The standard InChI is InChI=1S/C18H22N4O3/c1-2-15-14(11-20-22(15)16-5-3-4-10-19-16)17(23)21-13-8-6-12(7-9-13)18(24)25/h3-5,10-13H,2,6-9H2,1H3,(H,21,23)(H,24,25). The number of rotatable bonds is 5. The van der Waals surface area contributed by atoms with Gasteiger partial charge in [0.1, 0.15) is 0 Å². The number of hydrogen-bond donors (Lipinski definition) is 2. The summed E-state index contributed by atoms with van der Waals surface area (Å²) in [6.07, 6.45) is 6.52. The van der Waals surface area contributed by atoms with Gasteiger partial charge >= 0.3 is 5.97 Å². The number of carboxylic acids is 1. The number of hydrogen-bond acceptors (Lipinski definition) is 4. The second-order valence-corrected chi connectivity index (χ2v) is 6.32. The van der Waals surface area contributed by atoms with E-state index in [1.807, 2.05) is 25.1 Å². The Morgan fingerprint density at radius 3 is 2.64 bits per heavy atom. The van der Waals surface area contributed by atoms with Gasteiger partial charge in [0.15, 0.2) is 5.82 Å². The van der Waals surface area contributed by atoms with Crippen molar-refractivity contribution in [1.29, 1.82) is 0 Å². The van der Waals surface area contributed by atoms with E-state index in [1.54, 1.807) is 17.1 Å². The van der Waals surface area contributed by atoms with Crippen molar-refractivity contribution in [2.45, 2.75) is 45.1 Å². The Hall–Kier alpha value is -2.70. The van der Waals surface area contributed by atoms with Gasteiger partial charge in [0.05, 0.1) is 23.4 Å². The molecule has 2 aromatic heterocycles. The van der Waals surface area contributed by atoms with Gasteiger partial charge in [-0.25, -0.2) is 9.67 Å². The minimum atomic E-state index is -0.741. The summed E-state index contributed by atoms with van der Waals surface area (Å²) in [5.74, 6) is -0.501. The molecule has 1 amide bonds. The van der Waals surface area contributed by atoms with Crippen LogP contribution in [0.1, 0.15) is 48.7 Å². The van der Waals surface area contributed by atoms with Gasteiger partial charge in [0.2, 0.25) is 0 Å². The van der Waals surface area contributed by atoms with Crippen molar-refractivity contribution in [1.82, 2.24) is 20.1 Å². The SMILES string of the molecule is CCc1c(C(=O)NC2CCC(C(=O)O)CC2)cnn1-c1ccccn1. The second-order valence-electron chi connectivity index (χ2n) is 6.32. The van der Waals surface area contributed by atoms with Crippen LogP contribution in [0.2, 0.25) is 0 Å². The van der Waals surface area contributed by atoms with Crippen molar-refractivity contribution in [2.75, 3.05) is 0 Å². The predicted octanol–water partition coefficient (Wildman–Crippen LogP) is 2.20. The zero-order valence-corrected chi connectivity index (χ0v) is 14.2. The number of amides is 1. The van der Waals surface area contributed by atoms with Crippen molar-refractivity contribution < 1.29 is 14.7 Å². The fourth-order valence-corrected chi connectivity index (χ4v) is 3.33. The summed E-state index contributed by atoms with van der Waals surface area (Å²) in [6, 6.07) is 5.58. The average Bonchev–Trinajstić information content (AvgIpc) is 3.07. The van der Waals surface area contributed by atoms with Crippen LogP contribution >= 0.6 is 0 Å². The molecule has 0 aromatic carbocycles. The number of pyridine rings is 1. The van der Waals surface area contributed by atoms with E-state index in [-0.39, 0.29) is 17.9 Å². The molecular weight excluding hydrogens is 320 g/mol. The van der Waals surface area contributed by atoms with Crippen LogP contribution < -0.4 is 5.32 Å². The molecule has 0 unspecified atom stereocenters. The lowest BCUT2D eigenvalue weighted by Crippen LogP contribution is -2.39. The number of carbonyl (C=O) groups excluding carboxylic acids is 1. The van der Waals surface area contributed by atoms with Crippen LogP contribution in [-0.2, 0) is 11.2 Å². The molecule has 3 rings (SSSR count). The molecule has 1 aliphatic carbocycles. The third-order valence-electron chi connectivity index (χ3n) is 4.73. The lowest BCUT2D eigenvalue weighted by molar-refractivity contribution is -0.142. The summed E-state index contributed by atoms with van der Waals surface area (Å²) in [5, 5.41) is 16.4. The number of aliphatic carboxylic acids is 1. The third-order valence-corrected chi connectivity index (χ3v) is 4.73. The van der Waals surface area contributed by atoms with Crippen LogP contribution in [0.5, 0.6) is 0 Å².